The van der Waals surface area contributed by atoms with Gasteiger partial charge in [-0.1, -0.05) is 48.0 Å². The van der Waals surface area contributed by atoms with Crippen molar-refractivity contribution in [3.8, 4) is 11.3 Å². The number of halogens is 1. The third-order valence-corrected chi connectivity index (χ3v) is 3.55. The molecule has 1 aromatic heterocycles. The summed E-state index contributed by atoms with van der Waals surface area (Å²) in [7, 11) is 0. The summed E-state index contributed by atoms with van der Waals surface area (Å²) in [6.07, 6.45) is 3.02. The second kappa shape index (κ2) is 5.57. The molecule has 0 fully saturated rings. The minimum absolute atomic E-state index is 0.669. The maximum Gasteiger partial charge on any atom is 0.116 e. The number of hydrogen-bond donors (Lipinski definition) is 1. The summed E-state index contributed by atoms with van der Waals surface area (Å²) in [4.78, 5) is 0. The summed E-state index contributed by atoms with van der Waals surface area (Å²) < 4.78 is 2.95. The summed E-state index contributed by atoms with van der Waals surface area (Å²) in [5.41, 5.74) is 8.67. The lowest BCUT2D eigenvalue weighted by molar-refractivity contribution is 0.488. The molecule has 0 aliphatic rings. The molecule has 0 spiro atoms. The Morgan fingerprint density at radius 3 is 2.72 bits per heavy atom. The van der Waals surface area contributed by atoms with Crippen molar-refractivity contribution < 1.29 is 0 Å². The molecule has 2 rings (SSSR count). The summed E-state index contributed by atoms with van der Waals surface area (Å²) in [6.45, 7) is 5.33. The zero-order valence-electron chi connectivity index (χ0n) is 10.7. The number of benzene rings is 1. The Balaban J connectivity index is 2.27. The van der Waals surface area contributed by atoms with Gasteiger partial charge in [0.1, 0.15) is 5.69 Å². The van der Waals surface area contributed by atoms with Gasteiger partial charge in [0.15, 0.2) is 0 Å². The molecule has 0 amide bonds. The van der Waals surface area contributed by atoms with Crippen LogP contribution >= 0.6 is 15.9 Å². The van der Waals surface area contributed by atoms with Gasteiger partial charge in [0, 0.05) is 22.8 Å². The molecule has 18 heavy (non-hydrogen) atoms. The summed E-state index contributed by atoms with van der Waals surface area (Å²) in [6, 6.07) is 8.00. The number of nitrogen functional groups attached to an aromatic ring is 1. The van der Waals surface area contributed by atoms with E-state index >= 15 is 0 Å². The smallest absolute Gasteiger partial charge is 0.116 e. The van der Waals surface area contributed by atoms with Crippen LogP contribution in [0, 0.1) is 5.92 Å². The Morgan fingerprint density at radius 2 is 2.06 bits per heavy atom. The fourth-order valence-electron chi connectivity index (χ4n) is 1.80. The highest BCUT2D eigenvalue weighted by atomic mass is 79.9. The molecule has 96 valence electrons. The molecule has 0 saturated heterocycles. The van der Waals surface area contributed by atoms with Gasteiger partial charge in [-0.15, -0.1) is 0 Å². The van der Waals surface area contributed by atoms with Crippen molar-refractivity contribution >= 4 is 21.6 Å². The van der Waals surface area contributed by atoms with Crippen molar-refractivity contribution in [1.82, 2.24) is 9.78 Å². The molecule has 2 aromatic rings. The first-order valence-corrected chi connectivity index (χ1v) is 6.95. The molecule has 0 atom stereocenters. The van der Waals surface area contributed by atoms with E-state index in [0.29, 0.717) is 5.92 Å². The van der Waals surface area contributed by atoms with Gasteiger partial charge < -0.3 is 5.73 Å². The zero-order chi connectivity index (χ0) is 13.1. The number of nitrogens with zero attached hydrogens (tertiary/aromatic N) is 2. The molecule has 1 heterocycles. The molecule has 4 heteroatoms. The van der Waals surface area contributed by atoms with Crippen molar-refractivity contribution in [1.29, 1.82) is 0 Å². The second-order valence-electron chi connectivity index (χ2n) is 4.86. The summed E-state index contributed by atoms with van der Waals surface area (Å²) in [5, 5.41) is 4.57. The molecular weight excluding hydrogens is 290 g/mol. The number of anilines is 1. The van der Waals surface area contributed by atoms with Gasteiger partial charge in [-0.25, -0.2) is 0 Å². The lowest BCUT2D eigenvalue weighted by Gasteiger charge is -2.04. The van der Waals surface area contributed by atoms with Crippen LogP contribution < -0.4 is 5.73 Å². The lowest BCUT2D eigenvalue weighted by atomic mass is 10.1. The minimum atomic E-state index is 0.669. The van der Waals surface area contributed by atoms with Gasteiger partial charge in [0.05, 0.1) is 5.69 Å². The Bertz CT molecular complexity index is 532. The predicted molar refractivity (Wildman–Crippen MR) is 79.2 cm³/mol. The molecule has 2 N–H and O–H groups in total. The first-order valence-electron chi connectivity index (χ1n) is 6.15. The molecule has 0 bridgehead atoms. The van der Waals surface area contributed by atoms with Gasteiger partial charge >= 0.3 is 0 Å². The van der Waals surface area contributed by atoms with Crippen molar-refractivity contribution in [3.05, 3.63) is 34.9 Å². The summed E-state index contributed by atoms with van der Waals surface area (Å²) >= 11 is 3.53. The zero-order valence-corrected chi connectivity index (χ0v) is 12.3. The van der Waals surface area contributed by atoms with Crippen molar-refractivity contribution in [3.63, 3.8) is 0 Å². The molecule has 3 nitrogen and oxygen atoms in total. The SMILES string of the molecule is CC(C)CCn1cc(N)c(-c2ccccc2Br)n1. The molecule has 0 unspecified atom stereocenters. The Morgan fingerprint density at radius 1 is 1.33 bits per heavy atom. The predicted octanol–water partition coefficient (Wildman–Crippen LogP) is 3.94. The van der Waals surface area contributed by atoms with Crippen LogP contribution in [0.3, 0.4) is 0 Å². The van der Waals surface area contributed by atoms with Gasteiger partial charge in [-0.05, 0) is 18.4 Å². The van der Waals surface area contributed by atoms with Crippen LogP contribution in [0.5, 0.6) is 0 Å². The highest BCUT2D eigenvalue weighted by molar-refractivity contribution is 9.10. The quantitative estimate of drug-likeness (QED) is 0.929. The number of hydrogen-bond acceptors (Lipinski definition) is 2. The van der Waals surface area contributed by atoms with E-state index in [9.17, 15) is 0 Å². The van der Waals surface area contributed by atoms with Crippen molar-refractivity contribution in [2.75, 3.05) is 5.73 Å². The number of nitrogens with two attached hydrogens (primary N) is 1. The van der Waals surface area contributed by atoms with Gasteiger partial charge in [0.2, 0.25) is 0 Å². The third kappa shape index (κ3) is 2.93. The van der Waals surface area contributed by atoms with E-state index in [1.165, 1.54) is 0 Å². The molecule has 0 saturated carbocycles. The van der Waals surface area contributed by atoms with Crippen LogP contribution in [0.15, 0.2) is 34.9 Å². The molecule has 0 radical (unpaired) electrons. The maximum absolute atomic E-state index is 6.04. The van der Waals surface area contributed by atoms with Crippen LogP contribution in [-0.2, 0) is 6.54 Å². The lowest BCUT2D eigenvalue weighted by Crippen LogP contribution is -2.02. The minimum Gasteiger partial charge on any atom is -0.396 e. The average molecular weight is 308 g/mol. The van der Waals surface area contributed by atoms with Gasteiger partial charge in [0.25, 0.3) is 0 Å². The topological polar surface area (TPSA) is 43.8 Å². The number of rotatable bonds is 4. The van der Waals surface area contributed by atoms with E-state index in [-0.39, 0.29) is 0 Å². The van der Waals surface area contributed by atoms with Crippen LogP contribution in [-0.4, -0.2) is 9.78 Å². The Kier molecular flexibility index (Phi) is 4.07. The fourth-order valence-corrected chi connectivity index (χ4v) is 2.28. The standard InChI is InChI=1S/C14H18BrN3/c1-10(2)7-8-18-9-13(16)14(17-18)11-5-3-4-6-12(11)15/h3-6,9-10H,7-8,16H2,1-2H3. The Hall–Kier alpha value is -1.29. The first kappa shape index (κ1) is 13.1. The molecule has 0 aliphatic heterocycles. The first-order chi connectivity index (χ1) is 8.58. The van der Waals surface area contributed by atoms with E-state index in [1.54, 1.807) is 0 Å². The molecule has 0 aliphatic carbocycles. The van der Waals surface area contributed by atoms with E-state index < -0.39 is 0 Å². The maximum atomic E-state index is 6.04. The monoisotopic (exact) mass is 307 g/mol. The largest absolute Gasteiger partial charge is 0.396 e. The van der Waals surface area contributed by atoms with Crippen molar-refractivity contribution in [2.24, 2.45) is 5.92 Å². The average Bonchev–Trinajstić information content (AvgIpc) is 2.69. The normalized spacial score (nSPS) is 11.1. The van der Waals surface area contributed by atoms with Gasteiger partial charge in [-0.2, -0.15) is 5.10 Å². The van der Waals surface area contributed by atoms with E-state index in [4.69, 9.17) is 5.73 Å². The number of aromatic nitrogens is 2. The van der Waals surface area contributed by atoms with Crippen LogP contribution in [0.4, 0.5) is 5.69 Å². The third-order valence-electron chi connectivity index (χ3n) is 2.85. The van der Waals surface area contributed by atoms with E-state index in [1.807, 2.05) is 35.1 Å². The van der Waals surface area contributed by atoms with E-state index in [0.717, 1.165) is 34.4 Å². The molecule has 1 aromatic carbocycles. The Labute approximate surface area is 116 Å². The highest BCUT2D eigenvalue weighted by Gasteiger charge is 2.11. The number of aryl methyl sites for hydroxylation is 1. The highest BCUT2D eigenvalue weighted by Crippen LogP contribution is 2.30. The van der Waals surface area contributed by atoms with Crippen LogP contribution in [0.25, 0.3) is 11.3 Å². The summed E-state index contributed by atoms with van der Waals surface area (Å²) in [5.74, 6) is 0.669. The molecular formula is C14H18BrN3. The van der Waals surface area contributed by atoms with E-state index in [2.05, 4.69) is 34.9 Å². The fraction of sp³-hybridized carbons (Fsp3) is 0.357. The van der Waals surface area contributed by atoms with Gasteiger partial charge in [-0.3, -0.25) is 4.68 Å². The van der Waals surface area contributed by atoms with Crippen LogP contribution in [0.1, 0.15) is 20.3 Å². The second-order valence-corrected chi connectivity index (χ2v) is 5.71. The van der Waals surface area contributed by atoms with Crippen LogP contribution in [0.2, 0.25) is 0 Å². The van der Waals surface area contributed by atoms with Crippen molar-refractivity contribution in [2.45, 2.75) is 26.8 Å².